The lowest BCUT2D eigenvalue weighted by atomic mass is 10.0. The molecule has 2 amide bonds. The number of benzene rings is 2. The fraction of sp³-hybridized carbons (Fsp3) is 0.227. The van der Waals surface area contributed by atoms with E-state index in [1.54, 1.807) is 20.8 Å². The first-order valence-electron chi connectivity index (χ1n) is 9.69. The van der Waals surface area contributed by atoms with Crippen molar-refractivity contribution in [3.63, 3.8) is 0 Å². The highest BCUT2D eigenvalue weighted by atomic mass is 19.2. The first-order chi connectivity index (χ1) is 15.1. The molecule has 3 N–H and O–H groups in total. The van der Waals surface area contributed by atoms with Crippen molar-refractivity contribution < 1.29 is 23.1 Å². The summed E-state index contributed by atoms with van der Waals surface area (Å²) in [5.74, 6) is -2.66. The zero-order valence-electron chi connectivity index (χ0n) is 17.6. The second-order valence-corrected chi connectivity index (χ2v) is 7.60. The highest BCUT2D eigenvalue weighted by Crippen LogP contribution is 2.27. The van der Waals surface area contributed by atoms with Gasteiger partial charge in [-0.25, -0.2) is 27.8 Å². The summed E-state index contributed by atoms with van der Waals surface area (Å²) >= 11 is 0. The van der Waals surface area contributed by atoms with Crippen molar-refractivity contribution in [2.24, 2.45) is 0 Å². The Balaban J connectivity index is 1.98. The zero-order chi connectivity index (χ0) is 23.5. The number of carbonyl (C=O) groups is 1. The van der Waals surface area contributed by atoms with Gasteiger partial charge in [-0.3, -0.25) is 0 Å². The van der Waals surface area contributed by atoms with Crippen LogP contribution in [0.2, 0.25) is 0 Å². The number of urea groups is 1. The van der Waals surface area contributed by atoms with Crippen LogP contribution >= 0.6 is 0 Å². The summed E-state index contributed by atoms with van der Waals surface area (Å²) in [7, 11) is 0. The van der Waals surface area contributed by atoms with Gasteiger partial charge in [-0.15, -0.1) is 0 Å². The van der Waals surface area contributed by atoms with Crippen molar-refractivity contribution in [2.75, 3.05) is 15.5 Å². The Labute approximate surface area is 182 Å². The van der Waals surface area contributed by atoms with Crippen molar-refractivity contribution in [2.45, 2.75) is 32.4 Å². The van der Waals surface area contributed by atoms with Crippen LogP contribution in [0.25, 0.3) is 0 Å². The number of rotatable bonds is 6. The molecule has 1 atom stereocenters. The average molecular weight is 445 g/mol. The lowest BCUT2D eigenvalue weighted by Crippen LogP contribution is -2.40. The molecule has 3 rings (SSSR count). The number of hydrogen-bond acceptors (Lipinski definition) is 5. The molecule has 0 saturated heterocycles. The van der Waals surface area contributed by atoms with Crippen LogP contribution in [-0.2, 0) is 0 Å². The number of amides is 2. The molecular formula is C22H22F3N5O2. The summed E-state index contributed by atoms with van der Waals surface area (Å²) in [6, 6.07) is 8.48. The number of anilines is 4. The molecule has 2 aromatic carbocycles. The predicted molar refractivity (Wildman–Crippen MR) is 115 cm³/mol. The molecule has 0 aliphatic rings. The van der Waals surface area contributed by atoms with Crippen LogP contribution in [0.3, 0.4) is 0 Å². The quantitative estimate of drug-likeness (QED) is 0.505. The smallest absolute Gasteiger partial charge is 0.332 e. The molecule has 0 aliphatic heterocycles. The standard InChI is InChI=1S/C22H22F3N5O2/c1-13(22(2,3)32)27-20-26-12-11-18(29-20)30(15-9-7-14(23)8-10-15)21(31)28-17-6-4-5-16(24)19(17)25/h4-13,32H,1-3H3,(H,28,31)(H,26,27,29)/t13-/m0/s1. The van der Waals surface area contributed by atoms with E-state index in [9.17, 15) is 23.1 Å². The minimum atomic E-state index is -1.22. The second kappa shape index (κ2) is 9.23. The van der Waals surface area contributed by atoms with Gasteiger partial charge in [0.15, 0.2) is 11.6 Å². The molecule has 1 heterocycles. The van der Waals surface area contributed by atoms with Crippen LogP contribution in [-0.4, -0.2) is 32.7 Å². The number of aromatic nitrogens is 2. The molecule has 3 aromatic rings. The predicted octanol–water partition coefficient (Wildman–Crippen LogP) is 4.84. The first kappa shape index (κ1) is 23.0. The van der Waals surface area contributed by atoms with E-state index in [2.05, 4.69) is 20.6 Å². The molecule has 0 radical (unpaired) electrons. The van der Waals surface area contributed by atoms with E-state index in [-0.39, 0.29) is 23.1 Å². The van der Waals surface area contributed by atoms with Crippen molar-refractivity contribution in [3.8, 4) is 0 Å². The lowest BCUT2D eigenvalue weighted by molar-refractivity contribution is 0.0646. The zero-order valence-corrected chi connectivity index (χ0v) is 17.6. The van der Waals surface area contributed by atoms with Gasteiger partial charge in [0.25, 0.3) is 0 Å². The van der Waals surface area contributed by atoms with Gasteiger partial charge in [-0.2, -0.15) is 4.98 Å². The number of nitrogens with one attached hydrogen (secondary N) is 2. The fourth-order valence-electron chi connectivity index (χ4n) is 2.63. The van der Waals surface area contributed by atoms with Gasteiger partial charge in [-0.1, -0.05) is 6.07 Å². The highest BCUT2D eigenvalue weighted by Gasteiger charge is 2.25. The lowest BCUT2D eigenvalue weighted by Gasteiger charge is -2.27. The molecule has 0 spiro atoms. The minimum Gasteiger partial charge on any atom is -0.388 e. The van der Waals surface area contributed by atoms with Crippen LogP contribution in [0.1, 0.15) is 20.8 Å². The molecule has 0 aliphatic carbocycles. The summed E-state index contributed by atoms with van der Waals surface area (Å²) < 4.78 is 41.1. The largest absolute Gasteiger partial charge is 0.388 e. The van der Waals surface area contributed by atoms with Crippen LogP contribution in [0.15, 0.2) is 54.7 Å². The molecule has 0 unspecified atom stereocenters. The summed E-state index contributed by atoms with van der Waals surface area (Å²) in [4.78, 5) is 22.5. The number of aliphatic hydroxyl groups is 1. The third-order valence-electron chi connectivity index (χ3n) is 4.76. The third-order valence-corrected chi connectivity index (χ3v) is 4.76. The molecular weight excluding hydrogens is 423 g/mol. The maximum Gasteiger partial charge on any atom is 0.332 e. The molecule has 1 aromatic heterocycles. The van der Waals surface area contributed by atoms with Gasteiger partial charge < -0.3 is 15.7 Å². The number of halogens is 3. The van der Waals surface area contributed by atoms with E-state index >= 15 is 0 Å². The van der Waals surface area contributed by atoms with Gasteiger partial charge in [0.1, 0.15) is 11.6 Å². The van der Waals surface area contributed by atoms with E-state index in [1.165, 1.54) is 36.5 Å². The Bertz CT molecular complexity index is 1100. The SMILES string of the molecule is C[C@H](Nc1nccc(N(C(=O)Nc2cccc(F)c2F)c2ccc(F)cc2)n1)C(C)(C)O. The number of hydrogen-bond donors (Lipinski definition) is 3. The molecule has 7 nitrogen and oxygen atoms in total. The van der Waals surface area contributed by atoms with Crippen molar-refractivity contribution in [1.82, 2.24) is 9.97 Å². The van der Waals surface area contributed by atoms with Crippen LogP contribution in [0.4, 0.5) is 41.1 Å². The molecule has 0 fully saturated rings. The van der Waals surface area contributed by atoms with Crippen molar-refractivity contribution >= 4 is 29.2 Å². The maximum absolute atomic E-state index is 14.1. The Morgan fingerprint density at radius 2 is 1.78 bits per heavy atom. The third kappa shape index (κ3) is 5.33. The van der Waals surface area contributed by atoms with Crippen molar-refractivity contribution in [1.29, 1.82) is 0 Å². The maximum atomic E-state index is 14.1. The van der Waals surface area contributed by atoms with Gasteiger partial charge in [0.05, 0.1) is 23.0 Å². The Kier molecular flexibility index (Phi) is 6.64. The van der Waals surface area contributed by atoms with E-state index in [1.807, 2.05) is 0 Å². The van der Waals surface area contributed by atoms with Crippen LogP contribution < -0.4 is 15.5 Å². The number of carbonyl (C=O) groups excluding carboxylic acids is 1. The Morgan fingerprint density at radius 3 is 2.44 bits per heavy atom. The summed E-state index contributed by atoms with van der Waals surface area (Å²) in [6.07, 6.45) is 1.38. The second-order valence-electron chi connectivity index (χ2n) is 7.60. The van der Waals surface area contributed by atoms with E-state index in [0.29, 0.717) is 0 Å². The summed E-state index contributed by atoms with van der Waals surface area (Å²) in [5.41, 5.74) is -1.23. The topological polar surface area (TPSA) is 90.4 Å². The first-order valence-corrected chi connectivity index (χ1v) is 9.69. The van der Waals surface area contributed by atoms with E-state index in [4.69, 9.17) is 0 Å². The van der Waals surface area contributed by atoms with E-state index in [0.717, 1.165) is 23.1 Å². The number of nitrogens with zero attached hydrogens (tertiary/aromatic N) is 3. The van der Waals surface area contributed by atoms with Gasteiger partial charge in [0, 0.05) is 12.3 Å². The Morgan fingerprint density at radius 1 is 1.09 bits per heavy atom. The highest BCUT2D eigenvalue weighted by molar-refractivity contribution is 6.06. The molecule has 168 valence electrons. The molecule has 32 heavy (non-hydrogen) atoms. The molecule has 0 saturated carbocycles. The molecule has 0 bridgehead atoms. The summed E-state index contributed by atoms with van der Waals surface area (Å²) in [6.45, 7) is 4.95. The average Bonchev–Trinajstić information content (AvgIpc) is 2.73. The Hall–Kier alpha value is -3.66. The van der Waals surface area contributed by atoms with Crippen LogP contribution in [0.5, 0.6) is 0 Å². The van der Waals surface area contributed by atoms with Gasteiger partial charge in [0.2, 0.25) is 5.95 Å². The minimum absolute atomic E-state index is 0.0753. The van der Waals surface area contributed by atoms with Crippen molar-refractivity contribution in [3.05, 3.63) is 72.2 Å². The monoisotopic (exact) mass is 445 g/mol. The van der Waals surface area contributed by atoms with E-state index < -0.39 is 35.1 Å². The van der Waals surface area contributed by atoms with Crippen LogP contribution in [0, 0.1) is 17.5 Å². The molecule has 10 heteroatoms. The van der Waals surface area contributed by atoms with Gasteiger partial charge >= 0.3 is 6.03 Å². The summed E-state index contributed by atoms with van der Waals surface area (Å²) in [5, 5.41) is 15.4. The van der Waals surface area contributed by atoms with Gasteiger partial charge in [-0.05, 0) is 57.2 Å². The normalized spacial score (nSPS) is 12.2. The fourth-order valence-corrected chi connectivity index (χ4v) is 2.63.